The van der Waals surface area contributed by atoms with Crippen molar-refractivity contribution in [3.05, 3.63) is 64.4 Å². The summed E-state index contributed by atoms with van der Waals surface area (Å²) in [5.74, 6) is 0.0437. The SMILES string of the molecule is COc1ccc(C(=O)NCCn2cc(C(=O)NC(C#N)c3ccc(Cl)cc3)nn2)c(OC)c1OC. The first kappa shape index (κ1) is 25.3. The molecule has 0 saturated heterocycles. The number of methoxy groups -OCH3 is 3. The maximum absolute atomic E-state index is 12.7. The molecular formula is C23H23ClN6O5. The van der Waals surface area contributed by atoms with Crippen molar-refractivity contribution in [3.63, 3.8) is 0 Å². The number of ether oxygens (including phenoxy) is 3. The summed E-state index contributed by atoms with van der Waals surface area (Å²) in [6.45, 7) is 0.451. The fraction of sp³-hybridized carbons (Fsp3) is 0.261. The molecule has 0 spiro atoms. The van der Waals surface area contributed by atoms with Gasteiger partial charge in [-0.2, -0.15) is 5.26 Å². The third kappa shape index (κ3) is 5.99. The molecule has 11 nitrogen and oxygen atoms in total. The van der Waals surface area contributed by atoms with E-state index in [1.165, 1.54) is 32.2 Å². The summed E-state index contributed by atoms with van der Waals surface area (Å²) in [6.07, 6.45) is 1.43. The van der Waals surface area contributed by atoms with Crippen LogP contribution in [0.1, 0.15) is 32.5 Å². The maximum atomic E-state index is 12.7. The Labute approximate surface area is 206 Å². The van der Waals surface area contributed by atoms with Crippen molar-refractivity contribution < 1.29 is 23.8 Å². The highest BCUT2D eigenvalue weighted by Gasteiger charge is 2.21. The summed E-state index contributed by atoms with van der Waals surface area (Å²) in [6, 6.07) is 10.9. The summed E-state index contributed by atoms with van der Waals surface area (Å²) in [4.78, 5) is 25.2. The van der Waals surface area contributed by atoms with Gasteiger partial charge < -0.3 is 24.8 Å². The Hall–Kier alpha value is -4.30. The van der Waals surface area contributed by atoms with Gasteiger partial charge >= 0.3 is 0 Å². The lowest BCUT2D eigenvalue weighted by Gasteiger charge is -2.15. The van der Waals surface area contributed by atoms with E-state index in [2.05, 4.69) is 20.9 Å². The van der Waals surface area contributed by atoms with Crippen LogP contribution in [0.25, 0.3) is 0 Å². The molecule has 0 saturated carbocycles. The number of carbonyl (C=O) groups is 2. The molecule has 1 aromatic heterocycles. The minimum absolute atomic E-state index is 0.0344. The first-order valence-corrected chi connectivity index (χ1v) is 10.7. The number of carbonyl (C=O) groups excluding carboxylic acids is 2. The zero-order chi connectivity index (χ0) is 25.4. The molecule has 0 bridgehead atoms. The van der Waals surface area contributed by atoms with Gasteiger partial charge in [0, 0.05) is 11.6 Å². The highest BCUT2D eigenvalue weighted by molar-refractivity contribution is 6.30. The number of hydrogen-bond donors (Lipinski definition) is 2. The molecule has 35 heavy (non-hydrogen) atoms. The number of rotatable bonds is 10. The van der Waals surface area contributed by atoms with Crippen LogP contribution in [0, 0.1) is 11.3 Å². The minimum atomic E-state index is -0.874. The molecular weight excluding hydrogens is 476 g/mol. The Bertz CT molecular complexity index is 1240. The second-order valence-corrected chi connectivity index (χ2v) is 7.53. The van der Waals surface area contributed by atoms with Gasteiger partial charge in [0.25, 0.3) is 11.8 Å². The first-order chi connectivity index (χ1) is 16.9. The van der Waals surface area contributed by atoms with E-state index >= 15 is 0 Å². The molecule has 182 valence electrons. The van der Waals surface area contributed by atoms with Crippen LogP contribution >= 0.6 is 11.6 Å². The standard InChI is InChI=1S/C23H23ClN6O5/c1-33-19-9-8-16(20(34-2)21(19)35-3)22(31)26-10-11-30-13-18(28-29-30)23(32)27-17(12-25)14-4-6-15(24)7-5-14/h4-9,13,17H,10-11H2,1-3H3,(H,26,31)(H,27,32). The third-order valence-electron chi connectivity index (χ3n) is 4.95. The van der Waals surface area contributed by atoms with Gasteiger partial charge in [-0.3, -0.25) is 9.59 Å². The van der Waals surface area contributed by atoms with Gasteiger partial charge in [0.05, 0.1) is 45.7 Å². The fourth-order valence-electron chi connectivity index (χ4n) is 3.22. The molecule has 1 heterocycles. The maximum Gasteiger partial charge on any atom is 0.274 e. The van der Waals surface area contributed by atoms with E-state index in [1.807, 2.05) is 6.07 Å². The fourth-order valence-corrected chi connectivity index (χ4v) is 3.35. The third-order valence-corrected chi connectivity index (χ3v) is 5.21. The topological polar surface area (TPSA) is 140 Å². The lowest BCUT2D eigenvalue weighted by Crippen LogP contribution is -2.28. The number of hydrogen-bond acceptors (Lipinski definition) is 8. The van der Waals surface area contributed by atoms with Crippen molar-refractivity contribution in [2.24, 2.45) is 0 Å². The minimum Gasteiger partial charge on any atom is -0.493 e. The predicted octanol–water partition coefficient (Wildman–Crippen LogP) is 2.38. The predicted molar refractivity (Wildman–Crippen MR) is 126 cm³/mol. The van der Waals surface area contributed by atoms with Gasteiger partial charge in [0.1, 0.15) is 6.04 Å². The molecule has 2 amide bonds. The largest absolute Gasteiger partial charge is 0.493 e. The molecule has 0 radical (unpaired) electrons. The van der Waals surface area contributed by atoms with Crippen molar-refractivity contribution in [2.45, 2.75) is 12.6 Å². The van der Waals surface area contributed by atoms with Gasteiger partial charge in [0.15, 0.2) is 17.2 Å². The average molecular weight is 499 g/mol. The van der Waals surface area contributed by atoms with Crippen LogP contribution in [-0.2, 0) is 6.54 Å². The molecule has 12 heteroatoms. The Balaban J connectivity index is 1.59. The molecule has 2 aromatic carbocycles. The number of amides is 2. The average Bonchev–Trinajstić information content (AvgIpc) is 3.35. The van der Waals surface area contributed by atoms with Crippen molar-refractivity contribution in [1.29, 1.82) is 5.26 Å². The van der Waals surface area contributed by atoms with E-state index in [0.717, 1.165) is 0 Å². The van der Waals surface area contributed by atoms with Crippen molar-refractivity contribution >= 4 is 23.4 Å². The molecule has 3 aromatic rings. The lowest BCUT2D eigenvalue weighted by atomic mass is 10.1. The summed E-state index contributed by atoms with van der Waals surface area (Å²) in [7, 11) is 4.37. The van der Waals surface area contributed by atoms with Crippen LogP contribution in [-0.4, -0.2) is 54.7 Å². The highest BCUT2D eigenvalue weighted by atomic mass is 35.5. The van der Waals surface area contributed by atoms with E-state index in [9.17, 15) is 14.9 Å². The van der Waals surface area contributed by atoms with Gasteiger partial charge in [0.2, 0.25) is 5.75 Å². The molecule has 2 N–H and O–H groups in total. The summed E-state index contributed by atoms with van der Waals surface area (Å²) in [5.41, 5.74) is 0.895. The van der Waals surface area contributed by atoms with Gasteiger partial charge in [-0.25, -0.2) is 4.68 Å². The van der Waals surface area contributed by atoms with E-state index in [4.69, 9.17) is 25.8 Å². The number of nitriles is 1. The van der Waals surface area contributed by atoms with Gasteiger partial charge in [-0.05, 0) is 29.8 Å². The van der Waals surface area contributed by atoms with Gasteiger partial charge in [-0.15, -0.1) is 5.10 Å². The Morgan fingerprint density at radius 2 is 1.77 bits per heavy atom. The lowest BCUT2D eigenvalue weighted by molar-refractivity contribution is 0.0934. The van der Waals surface area contributed by atoms with Crippen LogP contribution in [0.15, 0.2) is 42.6 Å². The number of halogens is 1. The summed E-state index contributed by atoms with van der Waals surface area (Å²) < 4.78 is 17.3. The van der Waals surface area contributed by atoms with E-state index in [0.29, 0.717) is 22.1 Å². The monoisotopic (exact) mass is 498 g/mol. The smallest absolute Gasteiger partial charge is 0.274 e. The van der Waals surface area contributed by atoms with Crippen molar-refractivity contribution in [2.75, 3.05) is 27.9 Å². The molecule has 0 aliphatic rings. The second-order valence-electron chi connectivity index (χ2n) is 7.09. The van der Waals surface area contributed by atoms with Gasteiger partial charge in [-0.1, -0.05) is 28.9 Å². The zero-order valence-electron chi connectivity index (χ0n) is 19.2. The van der Waals surface area contributed by atoms with Crippen LogP contribution in [0.5, 0.6) is 17.2 Å². The molecule has 0 aliphatic heterocycles. The molecule has 1 atom stereocenters. The van der Waals surface area contributed by atoms with Crippen molar-refractivity contribution in [1.82, 2.24) is 25.6 Å². The number of nitrogens with one attached hydrogen (secondary N) is 2. The number of nitrogens with zero attached hydrogens (tertiary/aromatic N) is 4. The Kier molecular flexibility index (Phi) is 8.48. The normalized spacial score (nSPS) is 11.2. The summed E-state index contributed by atoms with van der Waals surface area (Å²) in [5, 5.41) is 23.0. The molecule has 0 fully saturated rings. The van der Waals surface area contributed by atoms with Crippen LogP contribution in [0.4, 0.5) is 0 Å². The second kappa shape index (κ2) is 11.7. The molecule has 3 rings (SSSR count). The van der Waals surface area contributed by atoms with E-state index < -0.39 is 11.9 Å². The Morgan fingerprint density at radius 1 is 1.06 bits per heavy atom. The zero-order valence-corrected chi connectivity index (χ0v) is 20.0. The van der Waals surface area contributed by atoms with Crippen LogP contribution in [0.2, 0.25) is 5.02 Å². The van der Waals surface area contributed by atoms with Crippen LogP contribution in [0.3, 0.4) is 0 Å². The van der Waals surface area contributed by atoms with E-state index in [1.54, 1.807) is 36.4 Å². The van der Waals surface area contributed by atoms with Crippen molar-refractivity contribution in [3.8, 4) is 23.3 Å². The summed E-state index contributed by atoms with van der Waals surface area (Å²) >= 11 is 5.87. The highest BCUT2D eigenvalue weighted by Crippen LogP contribution is 2.39. The molecule has 0 aliphatic carbocycles. The molecule has 1 unspecified atom stereocenters. The number of benzene rings is 2. The number of aromatic nitrogens is 3. The quantitative estimate of drug-likeness (QED) is 0.434. The van der Waals surface area contributed by atoms with Crippen LogP contribution < -0.4 is 24.8 Å². The first-order valence-electron chi connectivity index (χ1n) is 10.3. The Morgan fingerprint density at radius 3 is 2.40 bits per heavy atom. The van der Waals surface area contributed by atoms with E-state index in [-0.39, 0.29) is 36.0 Å².